The molecule has 0 fully saturated rings. The summed E-state index contributed by atoms with van der Waals surface area (Å²) in [6.45, 7) is 3.87. The molecule has 128 valence electrons. The summed E-state index contributed by atoms with van der Waals surface area (Å²) in [5.41, 5.74) is 5.01. The van der Waals surface area contributed by atoms with Gasteiger partial charge in [-0.25, -0.2) is 0 Å². The quantitative estimate of drug-likeness (QED) is 0.728. The first kappa shape index (κ1) is 16.9. The molecule has 2 aromatic heterocycles. The van der Waals surface area contributed by atoms with Crippen molar-refractivity contribution in [1.82, 2.24) is 10.1 Å². The van der Waals surface area contributed by atoms with E-state index in [1.54, 1.807) is 18.5 Å². The molecule has 1 amide bonds. The molecule has 0 radical (unpaired) electrons. The lowest BCUT2D eigenvalue weighted by molar-refractivity contribution is -0.116. The fourth-order valence-electron chi connectivity index (χ4n) is 2.85. The van der Waals surface area contributed by atoms with E-state index in [-0.39, 0.29) is 5.91 Å². The molecule has 3 aromatic rings. The smallest absolute Gasteiger partial charge is 0.224 e. The van der Waals surface area contributed by atoms with Gasteiger partial charge in [0.1, 0.15) is 5.76 Å². The average molecular weight is 335 g/mol. The highest BCUT2D eigenvalue weighted by Crippen LogP contribution is 2.27. The van der Waals surface area contributed by atoms with Crippen molar-refractivity contribution in [3.8, 4) is 11.1 Å². The van der Waals surface area contributed by atoms with E-state index < -0.39 is 0 Å². The topological polar surface area (TPSA) is 68.0 Å². The first-order valence-corrected chi connectivity index (χ1v) is 8.35. The lowest BCUT2D eigenvalue weighted by Crippen LogP contribution is -2.11. The summed E-state index contributed by atoms with van der Waals surface area (Å²) in [5.74, 6) is 0.845. The highest BCUT2D eigenvalue weighted by molar-refractivity contribution is 5.90. The van der Waals surface area contributed by atoms with Crippen LogP contribution in [0.25, 0.3) is 11.1 Å². The molecule has 5 nitrogen and oxygen atoms in total. The molecule has 1 aromatic carbocycles. The second-order valence-electron chi connectivity index (χ2n) is 6.04. The minimum absolute atomic E-state index is 0.0142. The molecule has 25 heavy (non-hydrogen) atoms. The number of nitrogens with zero attached hydrogens (tertiary/aromatic N) is 2. The van der Waals surface area contributed by atoms with Crippen LogP contribution < -0.4 is 5.32 Å². The van der Waals surface area contributed by atoms with Gasteiger partial charge in [-0.15, -0.1) is 0 Å². The molecule has 5 heteroatoms. The number of benzene rings is 1. The Labute approximate surface area is 147 Å². The number of hydrogen-bond donors (Lipinski definition) is 1. The minimum Gasteiger partial charge on any atom is -0.361 e. The van der Waals surface area contributed by atoms with Gasteiger partial charge in [-0.3, -0.25) is 9.78 Å². The number of carbonyl (C=O) groups is 1. The van der Waals surface area contributed by atoms with Gasteiger partial charge in [-0.05, 0) is 49.9 Å². The normalized spacial score (nSPS) is 10.6. The Morgan fingerprint density at radius 3 is 2.60 bits per heavy atom. The largest absolute Gasteiger partial charge is 0.361 e. The molecule has 0 atom stereocenters. The van der Waals surface area contributed by atoms with Crippen LogP contribution in [-0.2, 0) is 11.2 Å². The average Bonchev–Trinajstić information content (AvgIpc) is 2.95. The zero-order valence-corrected chi connectivity index (χ0v) is 14.5. The first-order chi connectivity index (χ1) is 12.1. The fraction of sp³-hybridized carbons (Fsp3) is 0.250. The van der Waals surface area contributed by atoms with Crippen molar-refractivity contribution in [2.45, 2.75) is 33.1 Å². The summed E-state index contributed by atoms with van der Waals surface area (Å²) in [6.07, 6.45) is 5.48. The molecule has 0 spiro atoms. The minimum atomic E-state index is 0.0142. The molecule has 0 aliphatic heterocycles. The van der Waals surface area contributed by atoms with Crippen LogP contribution in [0.4, 0.5) is 5.69 Å². The molecular weight excluding hydrogens is 314 g/mol. The lowest BCUT2D eigenvalue weighted by atomic mass is 10.0. The number of nitrogens with one attached hydrogen (secondary N) is 1. The van der Waals surface area contributed by atoms with Crippen LogP contribution in [0.1, 0.15) is 29.9 Å². The molecule has 0 saturated carbocycles. The Morgan fingerprint density at radius 2 is 1.96 bits per heavy atom. The van der Waals surface area contributed by atoms with E-state index in [2.05, 4.69) is 39.7 Å². The third-order valence-electron chi connectivity index (χ3n) is 4.09. The van der Waals surface area contributed by atoms with Gasteiger partial charge in [0, 0.05) is 18.2 Å². The number of aromatic nitrogens is 2. The van der Waals surface area contributed by atoms with Gasteiger partial charge in [-0.2, -0.15) is 0 Å². The SMILES string of the molecule is Cc1noc(C)c1-c1ccc(CCCC(=O)Nc2cccnc2)cc1. The number of pyridine rings is 1. The Bertz CT molecular complexity index is 820. The maximum Gasteiger partial charge on any atom is 0.224 e. The zero-order valence-electron chi connectivity index (χ0n) is 14.5. The molecule has 0 aliphatic rings. The number of rotatable bonds is 6. The summed E-state index contributed by atoms with van der Waals surface area (Å²) in [5, 5.41) is 6.84. The van der Waals surface area contributed by atoms with Crippen LogP contribution in [0.15, 0.2) is 53.3 Å². The van der Waals surface area contributed by atoms with Crippen molar-refractivity contribution < 1.29 is 9.32 Å². The van der Waals surface area contributed by atoms with E-state index in [9.17, 15) is 4.79 Å². The molecule has 2 heterocycles. The number of amides is 1. The monoisotopic (exact) mass is 335 g/mol. The third-order valence-corrected chi connectivity index (χ3v) is 4.09. The maximum absolute atomic E-state index is 11.9. The van der Waals surface area contributed by atoms with Crippen LogP contribution in [0, 0.1) is 13.8 Å². The highest BCUT2D eigenvalue weighted by Gasteiger charge is 2.11. The van der Waals surface area contributed by atoms with Gasteiger partial charge in [0.15, 0.2) is 0 Å². The molecule has 3 rings (SSSR count). The summed E-state index contributed by atoms with van der Waals surface area (Å²) in [6, 6.07) is 12.0. The number of hydrogen-bond acceptors (Lipinski definition) is 4. The van der Waals surface area contributed by atoms with Gasteiger partial charge in [0.25, 0.3) is 0 Å². The van der Waals surface area contributed by atoms with Crippen LogP contribution in [-0.4, -0.2) is 16.0 Å². The fourth-order valence-corrected chi connectivity index (χ4v) is 2.85. The van der Waals surface area contributed by atoms with Crippen molar-refractivity contribution in [3.05, 3.63) is 65.8 Å². The van der Waals surface area contributed by atoms with Crippen molar-refractivity contribution in [3.63, 3.8) is 0 Å². The molecular formula is C20H21N3O2. The summed E-state index contributed by atoms with van der Waals surface area (Å²) in [4.78, 5) is 15.9. The van der Waals surface area contributed by atoms with Gasteiger partial charge < -0.3 is 9.84 Å². The predicted molar refractivity (Wildman–Crippen MR) is 97.2 cm³/mol. The molecule has 0 saturated heterocycles. The summed E-state index contributed by atoms with van der Waals surface area (Å²) in [7, 11) is 0. The lowest BCUT2D eigenvalue weighted by Gasteiger charge is -2.06. The van der Waals surface area contributed by atoms with Crippen LogP contribution >= 0.6 is 0 Å². The Morgan fingerprint density at radius 1 is 1.16 bits per heavy atom. The second kappa shape index (κ2) is 7.75. The van der Waals surface area contributed by atoms with Crippen LogP contribution in [0.5, 0.6) is 0 Å². The van der Waals surface area contributed by atoms with E-state index in [0.29, 0.717) is 6.42 Å². The van der Waals surface area contributed by atoms with Crippen LogP contribution in [0.3, 0.4) is 0 Å². The standard InChI is InChI=1S/C20H21N3O2/c1-14-20(15(2)25-23-14)17-10-8-16(9-11-17)5-3-7-19(24)22-18-6-4-12-21-13-18/h4,6,8-13H,3,5,7H2,1-2H3,(H,22,24). The first-order valence-electron chi connectivity index (χ1n) is 8.35. The maximum atomic E-state index is 11.9. The summed E-state index contributed by atoms with van der Waals surface area (Å²) >= 11 is 0. The third kappa shape index (κ3) is 4.32. The van der Waals surface area contributed by atoms with Crippen LogP contribution in [0.2, 0.25) is 0 Å². The van der Waals surface area contributed by atoms with E-state index in [1.807, 2.05) is 19.9 Å². The molecule has 0 bridgehead atoms. The zero-order chi connectivity index (χ0) is 17.6. The number of anilines is 1. The van der Waals surface area contributed by atoms with E-state index >= 15 is 0 Å². The molecule has 0 unspecified atom stereocenters. The Kier molecular flexibility index (Phi) is 5.23. The van der Waals surface area contributed by atoms with E-state index in [0.717, 1.165) is 41.1 Å². The van der Waals surface area contributed by atoms with E-state index in [4.69, 9.17) is 4.52 Å². The van der Waals surface area contributed by atoms with Gasteiger partial charge in [0.2, 0.25) is 5.91 Å². The van der Waals surface area contributed by atoms with Crippen molar-refractivity contribution in [2.75, 3.05) is 5.32 Å². The summed E-state index contributed by atoms with van der Waals surface area (Å²) < 4.78 is 5.22. The van der Waals surface area contributed by atoms with Crippen molar-refractivity contribution in [1.29, 1.82) is 0 Å². The molecule has 1 N–H and O–H groups in total. The number of carbonyl (C=O) groups excluding carboxylic acids is 1. The van der Waals surface area contributed by atoms with Gasteiger partial charge in [0.05, 0.1) is 17.6 Å². The van der Waals surface area contributed by atoms with E-state index in [1.165, 1.54) is 5.56 Å². The Hall–Kier alpha value is -2.95. The second-order valence-corrected chi connectivity index (χ2v) is 6.04. The van der Waals surface area contributed by atoms with Crippen molar-refractivity contribution in [2.24, 2.45) is 0 Å². The Balaban J connectivity index is 1.51. The predicted octanol–water partition coefficient (Wildman–Crippen LogP) is 4.31. The van der Waals surface area contributed by atoms with Crippen molar-refractivity contribution >= 4 is 11.6 Å². The molecule has 0 aliphatic carbocycles. The van der Waals surface area contributed by atoms with Gasteiger partial charge >= 0.3 is 0 Å². The van der Waals surface area contributed by atoms with Gasteiger partial charge in [-0.1, -0.05) is 29.4 Å². The number of aryl methyl sites for hydroxylation is 3. The highest BCUT2D eigenvalue weighted by atomic mass is 16.5.